The van der Waals surface area contributed by atoms with Gasteiger partial charge in [-0.1, -0.05) is 11.6 Å². The lowest BCUT2D eigenvalue weighted by Crippen LogP contribution is -2.07. The van der Waals surface area contributed by atoms with Crippen molar-refractivity contribution >= 4 is 11.6 Å². The van der Waals surface area contributed by atoms with Crippen LogP contribution in [0.3, 0.4) is 0 Å². The third-order valence-corrected chi connectivity index (χ3v) is 4.70. The Balaban J connectivity index is 1.91. The van der Waals surface area contributed by atoms with Crippen molar-refractivity contribution in [2.45, 2.75) is 31.2 Å². The van der Waals surface area contributed by atoms with E-state index in [1.54, 1.807) is 0 Å². The topological polar surface area (TPSA) is 54.6 Å². The number of ether oxygens (including phenoxy) is 1. The molecule has 2 aromatic rings. The first-order valence-electron chi connectivity index (χ1n) is 6.98. The number of halogens is 4. The minimum atomic E-state index is -4.63. The third kappa shape index (κ3) is 1.96. The molecule has 2 aliphatic rings. The lowest BCUT2D eigenvalue weighted by atomic mass is 9.95. The zero-order valence-corrected chi connectivity index (χ0v) is 12.3. The second-order valence-electron chi connectivity index (χ2n) is 5.66. The predicted octanol–water partition coefficient (Wildman–Crippen LogP) is 4.47. The number of benzene rings is 1. The maximum absolute atomic E-state index is 13.0. The standard InChI is InChI=1S/C15H11ClF3NO3/c16-8-2-1-6(5-7(8)15(17,18)19)20-13(21)11-9-3-4-10(23-9)12(11)14(20)22/h1-2,5,9-10,21-22H,3-4H2. The molecular weight excluding hydrogens is 335 g/mol. The smallest absolute Gasteiger partial charge is 0.417 e. The molecular formula is C15H11ClF3NO3. The van der Waals surface area contributed by atoms with E-state index in [4.69, 9.17) is 16.3 Å². The van der Waals surface area contributed by atoms with Crippen LogP contribution in [-0.2, 0) is 10.9 Å². The molecule has 8 heteroatoms. The van der Waals surface area contributed by atoms with Crippen LogP contribution in [0.25, 0.3) is 5.69 Å². The SMILES string of the molecule is Oc1c2c(c(O)n1-c1ccc(Cl)c(C(F)(F)F)c1)C1CCC2O1. The van der Waals surface area contributed by atoms with E-state index in [0.29, 0.717) is 24.0 Å². The van der Waals surface area contributed by atoms with Crippen molar-refractivity contribution in [2.75, 3.05) is 0 Å². The zero-order chi connectivity index (χ0) is 16.5. The Morgan fingerprint density at radius 1 is 1.09 bits per heavy atom. The van der Waals surface area contributed by atoms with Gasteiger partial charge in [-0.05, 0) is 31.0 Å². The molecule has 2 N–H and O–H groups in total. The fourth-order valence-electron chi connectivity index (χ4n) is 3.39. The van der Waals surface area contributed by atoms with Crippen molar-refractivity contribution < 1.29 is 28.1 Å². The number of aromatic nitrogens is 1. The molecule has 0 radical (unpaired) electrons. The van der Waals surface area contributed by atoms with Crippen molar-refractivity contribution in [3.8, 4) is 17.4 Å². The van der Waals surface area contributed by atoms with Gasteiger partial charge < -0.3 is 14.9 Å². The molecule has 0 spiro atoms. The van der Waals surface area contributed by atoms with Gasteiger partial charge >= 0.3 is 6.18 Å². The minimum Gasteiger partial charge on any atom is -0.494 e. The molecule has 2 unspecified atom stereocenters. The van der Waals surface area contributed by atoms with Crippen LogP contribution >= 0.6 is 11.6 Å². The summed E-state index contributed by atoms with van der Waals surface area (Å²) in [5.74, 6) is -0.583. The van der Waals surface area contributed by atoms with Crippen molar-refractivity contribution in [1.29, 1.82) is 0 Å². The van der Waals surface area contributed by atoms with Crippen LogP contribution in [0, 0.1) is 0 Å². The largest absolute Gasteiger partial charge is 0.494 e. The highest BCUT2D eigenvalue weighted by Crippen LogP contribution is 2.58. The Bertz CT molecular complexity index is 782. The molecule has 2 aliphatic heterocycles. The van der Waals surface area contributed by atoms with Gasteiger partial charge in [-0.15, -0.1) is 0 Å². The molecule has 3 heterocycles. The van der Waals surface area contributed by atoms with Crippen LogP contribution in [0.4, 0.5) is 13.2 Å². The van der Waals surface area contributed by atoms with E-state index in [2.05, 4.69) is 0 Å². The summed E-state index contributed by atoms with van der Waals surface area (Å²) < 4.78 is 45.6. The van der Waals surface area contributed by atoms with Crippen molar-refractivity contribution in [3.63, 3.8) is 0 Å². The highest BCUT2D eigenvalue weighted by Gasteiger charge is 2.45. The van der Waals surface area contributed by atoms with Crippen LogP contribution in [0.5, 0.6) is 11.8 Å². The number of rotatable bonds is 1. The normalized spacial score (nSPS) is 22.6. The first-order chi connectivity index (χ1) is 10.8. The van der Waals surface area contributed by atoms with Crippen LogP contribution < -0.4 is 0 Å². The van der Waals surface area contributed by atoms with Crippen molar-refractivity contribution in [2.24, 2.45) is 0 Å². The fourth-order valence-corrected chi connectivity index (χ4v) is 3.62. The van der Waals surface area contributed by atoms with Gasteiger partial charge in [-0.3, -0.25) is 4.57 Å². The van der Waals surface area contributed by atoms with E-state index in [9.17, 15) is 23.4 Å². The third-order valence-electron chi connectivity index (χ3n) is 4.37. The molecule has 0 saturated carbocycles. The Hall–Kier alpha value is -1.86. The average molecular weight is 346 g/mol. The average Bonchev–Trinajstić information content (AvgIpc) is 3.13. The van der Waals surface area contributed by atoms with E-state index in [0.717, 1.165) is 16.7 Å². The molecule has 1 aromatic carbocycles. The highest BCUT2D eigenvalue weighted by molar-refractivity contribution is 6.31. The molecule has 23 heavy (non-hydrogen) atoms. The predicted molar refractivity (Wildman–Crippen MR) is 74.9 cm³/mol. The van der Waals surface area contributed by atoms with Crippen LogP contribution in [0.2, 0.25) is 5.02 Å². The first-order valence-corrected chi connectivity index (χ1v) is 7.36. The van der Waals surface area contributed by atoms with E-state index < -0.39 is 16.8 Å². The maximum Gasteiger partial charge on any atom is 0.417 e. The quantitative estimate of drug-likeness (QED) is 0.802. The summed E-state index contributed by atoms with van der Waals surface area (Å²) in [4.78, 5) is 0. The molecule has 4 nitrogen and oxygen atoms in total. The van der Waals surface area contributed by atoms with Gasteiger partial charge in [0.25, 0.3) is 0 Å². The van der Waals surface area contributed by atoms with E-state index in [1.807, 2.05) is 0 Å². The highest BCUT2D eigenvalue weighted by atomic mass is 35.5. The van der Waals surface area contributed by atoms with Gasteiger partial charge in [0.05, 0.1) is 39.6 Å². The Kier molecular flexibility index (Phi) is 2.93. The molecule has 122 valence electrons. The number of aromatic hydroxyl groups is 2. The van der Waals surface area contributed by atoms with Gasteiger partial charge in [0.15, 0.2) is 0 Å². The maximum atomic E-state index is 13.0. The Morgan fingerprint density at radius 2 is 1.65 bits per heavy atom. The van der Waals surface area contributed by atoms with Crippen molar-refractivity contribution in [1.82, 2.24) is 4.57 Å². The summed E-state index contributed by atoms with van der Waals surface area (Å²) in [7, 11) is 0. The summed E-state index contributed by atoms with van der Waals surface area (Å²) in [6.07, 6.45) is -3.85. The number of hydrogen-bond donors (Lipinski definition) is 2. The second kappa shape index (κ2) is 4.58. The van der Waals surface area contributed by atoms with E-state index in [-0.39, 0.29) is 29.7 Å². The number of fused-ring (bicyclic) bond motifs is 5. The summed E-state index contributed by atoms with van der Waals surface area (Å²) in [6.45, 7) is 0. The molecule has 0 amide bonds. The lowest BCUT2D eigenvalue weighted by Gasteiger charge is -2.14. The molecule has 1 fully saturated rings. The molecule has 2 bridgehead atoms. The molecule has 4 rings (SSSR count). The molecule has 2 atom stereocenters. The molecule has 0 aliphatic carbocycles. The summed E-state index contributed by atoms with van der Waals surface area (Å²) in [6, 6.07) is 3.21. The summed E-state index contributed by atoms with van der Waals surface area (Å²) in [5, 5.41) is 20.3. The summed E-state index contributed by atoms with van der Waals surface area (Å²) in [5.41, 5.74) is -0.112. The minimum absolute atomic E-state index is 0.00877. The zero-order valence-electron chi connectivity index (χ0n) is 11.6. The second-order valence-corrected chi connectivity index (χ2v) is 6.07. The van der Waals surface area contributed by atoms with E-state index in [1.165, 1.54) is 6.07 Å². The lowest BCUT2D eigenvalue weighted by molar-refractivity contribution is -0.137. The van der Waals surface area contributed by atoms with Gasteiger partial charge in [0.2, 0.25) is 11.8 Å². The number of hydrogen-bond acceptors (Lipinski definition) is 3. The Morgan fingerprint density at radius 3 is 2.17 bits per heavy atom. The van der Waals surface area contributed by atoms with Crippen LogP contribution in [0.1, 0.15) is 41.7 Å². The molecule has 1 aromatic heterocycles. The monoisotopic (exact) mass is 345 g/mol. The number of alkyl halides is 3. The van der Waals surface area contributed by atoms with Crippen LogP contribution in [0.15, 0.2) is 18.2 Å². The Labute approximate surface area is 133 Å². The van der Waals surface area contributed by atoms with Gasteiger partial charge in [-0.25, -0.2) is 0 Å². The van der Waals surface area contributed by atoms with Gasteiger partial charge in [0.1, 0.15) is 0 Å². The fraction of sp³-hybridized carbons (Fsp3) is 0.333. The number of nitrogens with zero attached hydrogens (tertiary/aromatic N) is 1. The van der Waals surface area contributed by atoms with Gasteiger partial charge in [0, 0.05) is 0 Å². The molecule has 1 saturated heterocycles. The first kappa shape index (κ1) is 14.7. The summed E-state index contributed by atoms with van der Waals surface area (Å²) >= 11 is 5.60. The van der Waals surface area contributed by atoms with Crippen LogP contribution in [-0.4, -0.2) is 14.8 Å². The van der Waals surface area contributed by atoms with E-state index >= 15 is 0 Å². The van der Waals surface area contributed by atoms with Crippen molar-refractivity contribution in [3.05, 3.63) is 39.9 Å². The van der Waals surface area contributed by atoms with Gasteiger partial charge in [-0.2, -0.15) is 13.2 Å².